The van der Waals surface area contributed by atoms with E-state index < -0.39 is 0 Å². The predicted octanol–water partition coefficient (Wildman–Crippen LogP) is 3.39. The molecule has 0 saturated carbocycles. The lowest BCUT2D eigenvalue weighted by atomic mass is 10.1. The zero-order valence-electron chi connectivity index (χ0n) is 12.4. The Kier molecular flexibility index (Phi) is 7.04. The van der Waals surface area contributed by atoms with Crippen LogP contribution in [0.1, 0.15) is 19.8 Å². The third-order valence-corrected chi connectivity index (χ3v) is 2.88. The molecule has 3 heteroatoms. The zero-order valence-corrected chi connectivity index (χ0v) is 12.4. The van der Waals surface area contributed by atoms with Gasteiger partial charge in [0.2, 0.25) is 0 Å². The average Bonchev–Trinajstić information content (AvgIpc) is 2.38. The van der Waals surface area contributed by atoms with Gasteiger partial charge >= 0.3 is 0 Å². The SMILES string of the molecule is C=CCCC(C)Nc1ccc(OCCN(C)C)cc1. The zero-order chi connectivity index (χ0) is 14.1. The molecule has 0 spiro atoms. The van der Waals surface area contributed by atoms with Gasteiger partial charge in [-0.2, -0.15) is 0 Å². The van der Waals surface area contributed by atoms with E-state index in [0.717, 1.165) is 37.4 Å². The van der Waals surface area contributed by atoms with Crippen LogP contribution < -0.4 is 10.1 Å². The van der Waals surface area contributed by atoms with Crippen LogP contribution in [0.15, 0.2) is 36.9 Å². The maximum atomic E-state index is 5.66. The highest BCUT2D eigenvalue weighted by Crippen LogP contribution is 2.17. The maximum Gasteiger partial charge on any atom is 0.119 e. The average molecular weight is 262 g/mol. The molecule has 106 valence electrons. The van der Waals surface area contributed by atoms with Crippen molar-refractivity contribution in [1.82, 2.24) is 4.90 Å². The van der Waals surface area contributed by atoms with E-state index in [1.807, 2.05) is 32.3 Å². The summed E-state index contributed by atoms with van der Waals surface area (Å²) in [6, 6.07) is 8.61. The van der Waals surface area contributed by atoms with Crippen LogP contribution in [0.3, 0.4) is 0 Å². The summed E-state index contributed by atoms with van der Waals surface area (Å²) < 4.78 is 5.66. The Morgan fingerprint density at radius 1 is 1.32 bits per heavy atom. The van der Waals surface area contributed by atoms with Crippen molar-refractivity contribution < 1.29 is 4.74 Å². The molecule has 1 rings (SSSR count). The number of benzene rings is 1. The minimum absolute atomic E-state index is 0.457. The van der Waals surface area contributed by atoms with Crippen LogP contribution in [0.2, 0.25) is 0 Å². The van der Waals surface area contributed by atoms with Crippen LogP contribution in [0.5, 0.6) is 5.75 Å². The molecule has 1 unspecified atom stereocenters. The number of ether oxygens (including phenoxy) is 1. The minimum atomic E-state index is 0.457. The fourth-order valence-corrected chi connectivity index (χ4v) is 1.72. The lowest BCUT2D eigenvalue weighted by Gasteiger charge is -2.15. The first-order valence-electron chi connectivity index (χ1n) is 6.87. The molecule has 1 atom stereocenters. The monoisotopic (exact) mass is 262 g/mol. The number of rotatable bonds is 9. The molecule has 0 amide bonds. The molecular formula is C16H26N2O. The minimum Gasteiger partial charge on any atom is -0.492 e. The molecule has 19 heavy (non-hydrogen) atoms. The number of hydrogen-bond donors (Lipinski definition) is 1. The van der Waals surface area contributed by atoms with Crippen molar-refractivity contribution in [1.29, 1.82) is 0 Å². The van der Waals surface area contributed by atoms with Crippen LogP contribution in [0.25, 0.3) is 0 Å². The van der Waals surface area contributed by atoms with Crippen molar-refractivity contribution in [2.45, 2.75) is 25.8 Å². The Bertz CT molecular complexity index is 360. The molecular weight excluding hydrogens is 236 g/mol. The standard InChI is InChI=1S/C16H26N2O/c1-5-6-7-14(2)17-15-8-10-16(11-9-15)19-13-12-18(3)4/h5,8-11,14,17H,1,6-7,12-13H2,2-4H3. The molecule has 0 bridgehead atoms. The first-order chi connectivity index (χ1) is 9.11. The predicted molar refractivity (Wildman–Crippen MR) is 83.0 cm³/mol. The molecule has 0 aliphatic rings. The molecule has 1 N–H and O–H groups in total. The van der Waals surface area contributed by atoms with E-state index in [2.05, 4.69) is 35.9 Å². The molecule has 3 nitrogen and oxygen atoms in total. The van der Waals surface area contributed by atoms with Crippen LogP contribution in [0.4, 0.5) is 5.69 Å². The summed E-state index contributed by atoms with van der Waals surface area (Å²) in [6.07, 6.45) is 4.10. The van der Waals surface area contributed by atoms with E-state index in [4.69, 9.17) is 4.74 Å². The Balaban J connectivity index is 2.36. The first kappa shape index (κ1) is 15.6. The summed E-state index contributed by atoms with van der Waals surface area (Å²) in [5.74, 6) is 0.922. The number of nitrogens with one attached hydrogen (secondary N) is 1. The van der Waals surface area contributed by atoms with E-state index in [0.29, 0.717) is 6.04 Å². The smallest absolute Gasteiger partial charge is 0.119 e. The lowest BCUT2D eigenvalue weighted by molar-refractivity contribution is 0.261. The lowest BCUT2D eigenvalue weighted by Crippen LogP contribution is -2.19. The normalized spacial score (nSPS) is 12.2. The van der Waals surface area contributed by atoms with Gasteiger partial charge in [0.25, 0.3) is 0 Å². The largest absolute Gasteiger partial charge is 0.492 e. The quantitative estimate of drug-likeness (QED) is 0.690. The van der Waals surface area contributed by atoms with Crippen molar-refractivity contribution in [3.05, 3.63) is 36.9 Å². The van der Waals surface area contributed by atoms with Crippen LogP contribution in [-0.4, -0.2) is 38.2 Å². The van der Waals surface area contributed by atoms with E-state index in [1.165, 1.54) is 0 Å². The summed E-state index contributed by atoms with van der Waals surface area (Å²) in [7, 11) is 4.09. The molecule has 0 radical (unpaired) electrons. The number of hydrogen-bond acceptors (Lipinski definition) is 3. The Hall–Kier alpha value is -1.48. The van der Waals surface area contributed by atoms with Gasteiger partial charge in [-0.25, -0.2) is 0 Å². The number of anilines is 1. The summed E-state index contributed by atoms with van der Waals surface area (Å²) in [5.41, 5.74) is 1.14. The van der Waals surface area contributed by atoms with Gasteiger partial charge in [0.1, 0.15) is 12.4 Å². The van der Waals surface area contributed by atoms with Gasteiger partial charge in [-0.3, -0.25) is 0 Å². The van der Waals surface area contributed by atoms with E-state index in [1.54, 1.807) is 0 Å². The van der Waals surface area contributed by atoms with E-state index >= 15 is 0 Å². The van der Waals surface area contributed by atoms with Crippen molar-refractivity contribution in [2.75, 3.05) is 32.6 Å². The summed E-state index contributed by atoms with van der Waals surface area (Å²) in [4.78, 5) is 2.11. The van der Waals surface area contributed by atoms with Crippen molar-refractivity contribution in [3.8, 4) is 5.75 Å². The second-order valence-electron chi connectivity index (χ2n) is 5.09. The van der Waals surface area contributed by atoms with Gasteiger partial charge in [0.15, 0.2) is 0 Å². The van der Waals surface area contributed by atoms with Gasteiger partial charge in [-0.1, -0.05) is 6.08 Å². The second-order valence-corrected chi connectivity index (χ2v) is 5.09. The molecule has 0 aromatic heterocycles. The highest BCUT2D eigenvalue weighted by molar-refractivity contribution is 5.46. The van der Waals surface area contributed by atoms with Gasteiger partial charge < -0.3 is 15.0 Å². The van der Waals surface area contributed by atoms with Crippen LogP contribution >= 0.6 is 0 Å². The highest BCUT2D eigenvalue weighted by atomic mass is 16.5. The fourth-order valence-electron chi connectivity index (χ4n) is 1.72. The van der Waals surface area contributed by atoms with Gasteiger partial charge in [0.05, 0.1) is 0 Å². The maximum absolute atomic E-state index is 5.66. The molecule has 1 aromatic carbocycles. The van der Waals surface area contributed by atoms with Crippen molar-refractivity contribution >= 4 is 5.69 Å². The fraction of sp³-hybridized carbons (Fsp3) is 0.500. The van der Waals surface area contributed by atoms with Crippen molar-refractivity contribution in [3.63, 3.8) is 0 Å². The van der Waals surface area contributed by atoms with E-state index in [-0.39, 0.29) is 0 Å². The number of allylic oxidation sites excluding steroid dienone is 1. The van der Waals surface area contributed by atoms with Crippen LogP contribution in [-0.2, 0) is 0 Å². The summed E-state index contributed by atoms with van der Waals surface area (Å²) >= 11 is 0. The molecule has 1 aromatic rings. The third kappa shape index (κ3) is 6.87. The first-order valence-corrected chi connectivity index (χ1v) is 6.87. The van der Waals surface area contributed by atoms with Gasteiger partial charge in [-0.15, -0.1) is 6.58 Å². The highest BCUT2D eigenvalue weighted by Gasteiger charge is 2.01. The topological polar surface area (TPSA) is 24.5 Å². The van der Waals surface area contributed by atoms with Crippen LogP contribution in [0, 0.1) is 0 Å². The Morgan fingerprint density at radius 3 is 2.58 bits per heavy atom. The second kappa shape index (κ2) is 8.59. The molecule has 0 aliphatic carbocycles. The van der Waals surface area contributed by atoms with Crippen molar-refractivity contribution in [2.24, 2.45) is 0 Å². The summed E-state index contributed by atoms with van der Waals surface area (Å²) in [5, 5.41) is 3.47. The third-order valence-electron chi connectivity index (χ3n) is 2.88. The molecule has 0 fully saturated rings. The number of nitrogens with zero attached hydrogens (tertiary/aromatic N) is 1. The Labute approximate surface area is 117 Å². The molecule has 0 aliphatic heterocycles. The van der Waals surface area contributed by atoms with Gasteiger partial charge in [0, 0.05) is 18.3 Å². The molecule has 0 saturated heterocycles. The van der Waals surface area contributed by atoms with E-state index in [9.17, 15) is 0 Å². The summed E-state index contributed by atoms with van der Waals surface area (Å²) in [6.45, 7) is 7.58. The van der Waals surface area contributed by atoms with Gasteiger partial charge in [-0.05, 0) is 58.1 Å². The number of likely N-dealkylation sites (N-methyl/N-ethyl adjacent to an activating group) is 1. The Morgan fingerprint density at radius 2 is 2.00 bits per heavy atom. The molecule has 0 heterocycles.